The average molecular weight is 295 g/mol. The summed E-state index contributed by atoms with van der Waals surface area (Å²) in [6.07, 6.45) is 1.52. The fourth-order valence-electron chi connectivity index (χ4n) is 2.28. The summed E-state index contributed by atoms with van der Waals surface area (Å²) in [5.74, 6) is 0.0485. The molecular weight excluding hydrogens is 281 g/mol. The Bertz CT molecular complexity index is 545. The van der Waals surface area contributed by atoms with E-state index < -0.39 is 8.69 Å². The Labute approximate surface area is 117 Å². The van der Waals surface area contributed by atoms with Crippen molar-refractivity contribution in [3.05, 3.63) is 23.2 Å². The molecule has 3 aliphatic heterocycles. The standard InChI is InChI=1S/C12H13N3O2.HO2P/c16-9-7-8(13-1-2-13)12(17)11(15-5-6-15)10(9)14-3-4-14;1-3-2/h7H,1-6H2;(H,1,2). The minimum atomic E-state index is -0.833. The molecule has 1 aliphatic carbocycles. The Morgan fingerprint density at radius 3 is 1.80 bits per heavy atom. The van der Waals surface area contributed by atoms with Crippen molar-refractivity contribution in [1.29, 1.82) is 0 Å². The maximum atomic E-state index is 12.4. The van der Waals surface area contributed by atoms with Crippen molar-refractivity contribution < 1.29 is 19.0 Å². The molecule has 0 spiro atoms. The summed E-state index contributed by atoms with van der Waals surface area (Å²) in [4.78, 5) is 37.5. The van der Waals surface area contributed by atoms with Crippen LogP contribution >= 0.6 is 8.69 Å². The largest absolute Gasteiger partial charge is 0.365 e. The lowest BCUT2D eigenvalue weighted by Gasteiger charge is -2.21. The highest BCUT2D eigenvalue weighted by Crippen LogP contribution is 2.33. The number of nitrogens with zero attached hydrogens (tertiary/aromatic N) is 3. The van der Waals surface area contributed by atoms with Gasteiger partial charge in [0.1, 0.15) is 11.4 Å². The predicted octanol–water partition coefficient (Wildman–Crippen LogP) is -0.634. The summed E-state index contributed by atoms with van der Waals surface area (Å²) >= 11 is 0. The fourth-order valence-corrected chi connectivity index (χ4v) is 2.28. The van der Waals surface area contributed by atoms with Crippen LogP contribution in [0.5, 0.6) is 0 Å². The Kier molecular flexibility index (Phi) is 3.31. The van der Waals surface area contributed by atoms with E-state index in [1.807, 2.05) is 14.7 Å². The molecule has 0 aromatic carbocycles. The normalized spacial score (nSPS) is 23.6. The zero-order valence-corrected chi connectivity index (χ0v) is 11.7. The minimum absolute atomic E-state index is 0.00546. The molecule has 4 aliphatic rings. The molecule has 0 aromatic rings. The Morgan fingerprint density at radius 1 is 0.900 bits per heavy atom. The van der Waals surface area contributed by atoms with Gasteiger partial charge in [-0.15, -0.1) is 0 Å². The van der Waals surface area contributed by atoms with E-state index in [-0.39, 0.29) is 11.6 Å². The SMILES string of the molecule is O=C1C=C(N2CC2)C(=O)C(N2CC2)=C1N1CC1.O=PO. The van der Waals surface area contributed by atoms with Gasteiger partial charge in [-0.1, -0.05) is 0 Å². The quantitative estimate of drug-likeness (QED) is 0.421. The molecule has 3 saturated heterocycles. The third-order valence-corrected chi connectivity index (χ3v) is 3.49. The van der Waals surface area contributed by atoms with Crippen LogP contribution in [0.25, 0.3) is 0 Å². The minimum Gasteiger partial charge on any atom is -0.365 e. The third-order valence-electron chi connectivity index (χ3n) is 3.49. The van der Waals surface area contributed by atoms with Gasteiger partial charge in [-0.25, -0.2) is 4.57 Å². The number of hydrogen-bond acceptors (Lipinski definition) is 6. The maximum Gasteiger partial charge on any atom is 0.324 e. The monoisotopic (exact) mass is 295 g/mol. The van der Waals surface area contributed by atoms with Gasteiger partial charge in [0.05, 0.1) is 5.70 Å². The van der Waals surface area contributed by atoms with Crippen molar-refractivity contribution in [1.82, 2.24) is 14.7 Å². The van der Waals surface area contributed by atoms with Gasteiger partial charge in [0, 0.05) is 45.3 Å². The topological polar surface area (TPSA) is 80.5 Å². The van der Waals surface area contributed by atoms with E-state index in [1.54, 1.807) is 0 Å². The maximum absolute atomic E-state index is 12.4. The smallest absolute Gasteiger partial charge is 0.324 e. The molecule has 106 valence electrons. The molecular formula is C12H14N3O4P. The predicted molar refractivity (Wildman–Crippen MR) is 69.7 cm³/mol. The molecule has 4 rings (SSSR count). The van der Waals surface area contributed by atoms with Crippen LogP contribution in [0.4, 0.5) is 0 Å². The van der Waals surface area contributed by atoms with Crippen LogP contribution in [-0.4, -0.2) is 70.4 Å². The van der Waals surface area contributed by atoms with E-state index >= 15 is 0 Å². The Hall–Kier alpha value is -1.72. The first-order chi connectivity index (χ1) is 9.67. The molecule has 0 aromatic heterocycles. The van der Waals surface area contributed by atoms with Crippen LogP contribution in [0, 0.1) is 0 Å². The van der Waals surface area contributed by atoms with Crippen molar-refractivity contribution >= 4 is 20.3 Å². The first-order valence-corrected chi connectivity index (χ1v) is 7.20. The number of allylic oxidation sites excluding steroid dienone is 1. The molecule has 0 radical (unpaired) electrons. The van der Waals surface area contributed by atoms with Gasteiger partial charge >= 0.3 is 8.69 Å². The van der Waals surface area contributed by atoms with Gasteiger partial charge in [0.2, 0.25) is 11.6 Å². The van der Waals surface area contributed by atoms with E-state index in [2.05, 4.69) is 0 Å². The number of hydrogen-bond donors (Lipinski definition) is 1. The molecule has 0 atom stereocenters. The third kappa shape index (κ3) is 2.46. The van der Waals surface area contributed by atoms with Crippen LogP contribution in [0.3, 0.4) is 0 Å². The van der Waals surface area contributed by atoms with Crippen molar-refractivity contribution in [2.45, 2.75) is 0 Å². The lowest BCUT2D eigenvalue weighted by Crippen LogP contribution is -2.29. The number of carbonyl (C=O) groups excluding carboxylic acids is 2. The van der Waals surface area contributed by atoms with Gasteiger partial charge < -0.3 is 19.6 Å². The van der Waals surface area contributed by atoms with E-state index in [0.717, 1.165) is 39.3 Å². The number of rotatable bonds is 3. The molecule has 1 N–H and O–H groups in total. The molecule has 8 heteroatoms. The first-order valence-electron chi connectivity index (χ1n) is 6.44. The molecule has 20 heavy (non-hydrogen) atoms. The number of carbonyl (C=O) groups is 2. The average Bonchev–Trinajstić information content (AvgIpc) is 3.28. The summed E-state index contributed by atoms with van der Waals surface area (Å²) < 4.78 is 8.46. The highest BCUT2D eigenvalue weighted by Gasteiger charge is 2.43. The van der Waals surface area contributed by atoms with Crippen LogP contribution < -0.4 is 0 Å². The van der Waals surface area contributed by atoms with Crippen LogP contribution in [0.1, 0.15) is 0 Å². The van der Waals surface area contributed by atoms with Gasteiger partial charge in [-0.05, 0) is 0 Å². The molecule has 0 bridgehead atoms. The van der Waals surface area contributed by atoms with Gasteiger partial charge in [0.15, 0.2) is 0 Å². The lowest BCUT2D eigenvalue weighted by molar-refractivity contribution is -0.117. The highest BCUT2D eigenvalue weighted by atomic mass is 31.1. The summed E-state index contributed by atoms with van der Waals surface area (Å²) in [5.41, 5.74) is 1.89. The van der Waals surface area contributed by atoms with Crippen LogP contribution in [0.2, 0.25) is 0 Å². The fraction of sp³-hybridized carbons (Fsp3) is 0.500. The van der Waals surface area contributed by atoms with Crippen molar-refractivity contribution in [2.24, 2.45) is 0 Å². The number of Topliss-reactive ketones (excluding diaryl/α,β-unsaturated/α-hetero) is 1. The molecule has 3 fully saturated rings. The molecule has 0 saturated carbocycles. The van der Waals surface area contributed by atoms with Crippen LogP contribution in [-0.2, 0) is 14.2 Å². The van der Waals surface area contributed by atoms with Crippen molar-refractivity contribution in [3.63, 3.8) is 0 Å². The highest BCUT2D eigenvalue weighted by molar-refractivity contribution is 7.16. The van der Waals surface area contributed by atoms with Crippen LogP contribution in [0.15, 0.2) is 23.2 Å². The van der Waals surface area contributed by atoms with E-state index in [4.69, 9.17) is 9.46 Å². The second-order valence-corrected chi connectivity index (χ2v) is 5.13. The van der Waals surface area contributed by atoms with E-state index in [0.29, 0.717) is 17.1 Å². The van der Waals surface area contributed by atoms with Gasteiger partial charge in [-0.3, -0.25) is 9.59 Å². The lowest BCUT2D eigenvalue weighted by atomic mass is 10.0. The summed E-state index contributed by atoms with van der Waals surface area (Å²) in [7, 11) is -0.833. The Morgan fingerprint density at radius 2 is 1.35 bits per heavy atom. The number of ketones is 2. The Balaban J connectivity index is 0.000000373. The summed E-state index contributed by atoms with van der Waals surface area (Å²) in [5, 5.41) is 0. The van der Waals surface area contributed by atoms with Gasteiger partial charge in [-0.2, -0.15) is 0 Å². The van der Waals surface area contributed by atoms with Gasteiger partial charge in [0.25, 0.3) is 0 Å². The second kappa shape index (κ2) is 5.00. The van der Waals surface area contributed by atoms with Crippen molar-refractivity contribution in [3.8, 4) is 0 Å². The summed E-state index contributed by atoms with van der Waals surface area (Å²) in [6.45, 7) is 5.41. The van der Waals surface area contributed by atoms with E-state index in [9.17, 15) is 9.59 Å². The summed E-state index contributed by atoms with van der Waals surface area (Å²) in [6, 6.07) is 0. The first kappa shape index (κ1) is 13.3. The molecule has 0 amide bonds. The molecule has 0 unspecified atom stereocenters. The zero-order chi connectivity index (χ0) is 14.3. The van der Waals surface area contributed by atoms with Crippen molar-refractivity contribution in [2.75, 3.05) is 39.3 Å². The molecule has 3 heterocycles. The zero-order valence-electron chi connectivity index (χ0n) is 10.8. The second-order valence-electron chi connectivity index (χ2n) is 4.96. The molecule has 7 nitrogen and oxygen atoms in total. The van der Waals surface area contributed by atoms with E-state index in [1.165, 1.54) is 6.08 Å².